The van der Waals surface area contributed by atoms with Gasteiger partial charge < -0.3 is 15.3 Å². The molecule has 1 aliphatic carbocycles. The zero-order valence-electron chi connectivity index (χ0n) is 14.4. The molecule has 1 fully saturated rings. The van der Waals surface area contributed by atoms with Gasteiger partial charge in [-0.05, 0) is 18.9 Å². The highest BCUT2D eigenvalue weighted by Gasteiger charge is 2.20. The third-order valence-corrected chi connectivity index (χ3v) is 5.10. The second kappa shape index (κ2) is 6.04. The number of hydrogen-bond donors (Lipinski definition) is 3. The maximum atomic E-state index is 11.0. The number of nitrogens with zero attached hydrogens (tertiary/aromatic N) is 4. The number of hydrogen-bond acceptors (Lipinski definition) is 6. The first-order valence-corrected chi connectivity index (χ1v) is 8.92. The Hall–Kier alpha value is -3.49. The smallest absolute Gasteiger partial charge is 0.271 e. The Bertz CT molecular complexity index is 1160. The molecule has 27 heavy (non-hydrogen) atoms. The summed E-state index contributed by atoms with van der Waals surface area (Å²) in [7, 11) is 0. The molecule has 3 N–H and O–H groups in total. The molecule has 1 saturated carbocycles. The second-order valence-corrected chi connectivity index (χ2v) is 6.82. The van der Waals surface area contributed by atoms with Gasteiger partial charge in [-0.25, -0.2) is 15.0 Å². The van der Waals surface area contributed by atoms with Crippen LogP contribution < -0.4 is 5.32 Å². The number of H-pyrrole nitrogens is 2. The van der Waals surface area contributed by atoms with Gasteiger partial charge in [-0.2, -0.15) is 0 Å². The Morgan fingerprint density at radius 3 is 2.89 bits per heavy atom. The van der Waals surface area contributed by atoms with Crippen LogP contribution in [0, 0.1) is 10.1 Å². The maximum absolute atomic E-state index is 11.0. The molecule has 3 aromatic heterocycles. The van der Waals surface area contributed by atoms with Gasteiger partial charge >= 0.3 is 0 Å². The number of anilines is 1. The summed E-state index contributed by atoms with van der Waals surface area (Å²) in [5.74, 6) is 1.41. The minimum atomic E-state index is -0.414. The molecular weight excluding hydrogens is 346 g/mol. The number of non-ortho nitro benzene ring substituents is 1. The van der Waals surface area contributed by atoms with Crippen molar-refractivity contribution in [3.05, 3.63) is 40.8 Å². The largest absolute Gasteiger partial charge is 0.367 e. The summed E-state index contributed by atoms with van der Waals surface area (Å²) in [6.07, 6.45) is 8.12. The number of rotatable bonds is 4. The Morgan fingerprint density at radius 1 is 1.22 bits per heavy atom. The molecule has 136 valence electrons. The summed E-state index contributed by atoms with van der Waals surface area (Å²) in [6.45, 7) is 0. The SMILES string of the molecule is O=[N+]([O-])c1ccc2nc(-c3c[nH]c4ncnc(NC5CCCC5)c34)[nH]c2c1. The van der Waals surface area contributed by atoms with Crippen molar-refractivity contribution in [3.8, 4) is 11.4 Å². The van der Waals surface area contributed by atoms with Crippen molar-refractivity contribution in [2.75, 3.05) is 5.32 Å². The van der Waals surface area contributed by atoms with Gasteiger partial charge in [0.1, 0.15) is 23.6 Å². The first-order chi connectivity index (χ1) is 13.2. The minimum absolute atomic E-state index is 0.0311. The van der Waals surface area contributed by atoms with E-state index >= 15 is 0 Å². The predicted octanol–water partition coefficient (Wildman–Crippen LogP) is 3.76. The first-order valence-electron chi connectivity index (χ1n) is 8.92. The topological polar surface area (TPSA) is 125 Å². The van der Waals surface area contributed by atoms with Crippen LogP contribution in [0.4, 0.5) is 11.5 Å². The lowest BCUT2D eigenvalue weighted by Gasteiger charge is -2.13. The summed E-state index contributed by atoms with van der Waals surface area (Å²) >= 11 is 0. The number of imidazole rings is 1. The summed E-state index contributed by atoms with van der Waals surface area (Å²) in [4.78, 5) is 30.3. The summed E-state index contributed by atoms with van der Waals surface area (Å²) < 4.78 is 0. The molecule has 0 atom stereocenters. The van der Waals surface area contributed by atoms with Crippen LogP contribution in [0.2, 0.25) is 0 Å². The zero-order chi connectivity index (χ0) is 18.4. The van der Waals surface area contributed by atoms with Crippen molar-refractivity contribution in [2.24, 2.45) is 0 Å². The second-order valence-electron chi connectivity index (χ2n) is 6.82. The van der Waals surface area contributed by atoms with Gasteiger partial charge in [0.05, 0.1) is 21.3 Å². The molecule has 5 rings (SSSR count). The van der Waals surface area contributed by atoms with Crippen molar-refractivity contribution in [1.82, 2.24) is 24.9 Å². The number of benzene rings is 1. The average molecular weight is 363 g/mol. The standard InChI is InChI=1S/C18H17N7O2/c26-25(27)11-5-6-13-14(7-11)24-16(23-13)12-8-19-17-15(12)18(21-9-20-17)22-10-3-1-2-4-10/h5-10H,1-4H2,(H,23,24)(H2,19,20,21,22). The molecule has 0 amide bonds. The highest BCUT2D eigenvalue weighted by Crippen LogP contribution is 2.33. The van der Waals surface area contributed by atoms with Crippen LogP contribution in [0.25, 0.3) is 33.5 Å². The summed E-state index contributed by atoms with van der Waals surface area (Å²) in [5, 5.41) is 15.4. The van der Waals surface area contributed by atoms with E-state index in [1.54, 1.807) is 12.4 Å². The van der Waals surface area contributed by atoms with Gasteiger partial charge in [-0.3, -0.25) is 10.1 Å². The van der Waals surface area contributed by atoms with Gasteiger partial charge in [-0.1, -0.05) is 12.8 Å². The lowest BCUT2D eigenvalue weighted by atomic mass is 10.2. The number of nitrogens with one attached hydrogen (secondary N) is 3. The molecule has 0 unspecified atom stereocenters. The highest BCUT2D eigenvalue weighted by atomic mass is 16.6. The molecule has 0 bridgehead atoms. The highest BCUT2D eigenvalue weighted by molar-refractivity contribution is 6.00. The molecule has 4 aromatic rings. The third kappa shape index (κ3) is 2.67. The minimum Gasteiger partial charge on any atom is -0.367 e. The van der Waals surface area contributed by atoms with Crippen molar-refractivity contribution < 1.29 is 4.92 Å². The Morgan fingerprint density at radius 2 is 2.07 bits per heavy atom. The number of nitro benzene ring substituents is 1. The molecule has 0 spiro atoms. The maximum Gasteiger partial charge on any atom is 0.271 e. The lowest BCUT2D eigenvalue weighted by Crippen LogP contribution is -2.15. The Labute approximate surface area is 153 Å². The van der Waals surface area contributed by atoms with Crippen LogP contribution in [0.5, 0.6) is 0 Å². The van der Waals surface area contributed by atoms with Crippen LogP contribution in [-0.4, -0.2) is 35.9 Å². The van der Waals surface area contributed by atoms with E-state index in [-0.39, 0.29) is 5.69 Å². The molecule has 3 heterocycles. The van der Waals surface area contributed by atoms with E-state index in [0.717, 1.165) is 35.3 Å². The fourth-order valence-electron chi connectivity index (χ4n) is 3.76. The van der Waals surface area contributed by atoms with Crippen LogP contribution in [0.15, 0.2) is 30.7 Å². The van der Waals surface area contributed by atoms with Crippen molar-refractivity contribution in [3.63, 3.8) is 0 Å². The third-order valence-electron chi connectivity index (χ3n) is 5.10. The quantitative estimate of drug-likeness (QED) is 0.374. The fourth-order valence-corrected chi connectivity index (χ4v) is 3.76. The van der Waals surface area contributed by atoms with Gasteiger partial charge in [0, 0.05) is 29.9 Å². The van der Waals surface area contributed by atoms with Gasteiger partial charge in [0.25, 0.3) is 5.69 Å². The molecule has 0 radical (unpaired) electrons. The monoisotopic (exact) mass is 363 g/mol. The molecule has 1 aromatic carbocycles. The normalized spacial score (nSPS) is 15.0. The van der Waals surface area contributed by atoms with Gasteiger partial charge in [0.15, 0.2) is 0 Å². The van der Waals surface area contributed by atoms with Gasteiger partial charge in [0.2, 0.25) is 0 Å². The van der Waals surface area contributed by atoms with Crippen LogP contribution in [-0.2, 0) is 0 Å². The zero-order valence-corrected chi connectivity index (χ0v) is 14.4. The summed E-state index contributed by atoms with van der Waals surface area (Å²) in [5.41, 5.74) is 2.89. The molecular formula is C18H17N7O2. The van der Waals surface area contributed by atoms with E-state index in [4.69, 9.17) is 0 Å². The molecule has 1 aliphatic rings. The van der Waals surface area contributed by atoms with E-state index in [1.165, 1.54) is 25.0 Å². The molecule has 9 nitrogen and oxygen atoms in total. The number of nitro groups is 1. The first kappa shape index (κ1) is 15.7. The van der Waals surface area contributed by atoms with Crippen molar-refractivity contribution >= 4 is 33.6 Å². The predicted molar refractivity (Wildman–Crippen MR) is 102 cm³/mol. The van der Waals surface area contributed by atoms with Crippen LogP contribution in [0.3, 0.4) is 0 Å². The fraction of sp³-hybridized carbons (Fsp3) is 0.278. The Kier molecular flexibility index (Phi) is 3.52. The lowest BCUT2D eigenvalue weighted by molar-refractivity contribution is -0.384. The van der Waals surface area contributed by atoms with Crippen LogP contribution in [0.1, 0.15) is 25.7 Å². The van der Waals surface area contributed by atoms with E-state index in [0.29, 0.717) is 22.9 Å². The van der Waals surface area contributed by atoms with Gasteiger partial charge in [-0.15, -0.1) is 0 Å². The van der Waals surface area contributed by atoms with E-state index in [1.807, 2.05) is 6.20 Å². The van der Waals surface area contributed by atoms with E-state index in [2.05, 4.69) is 30.2 Å². The molecule has 9 heteroatoms. The number of fused-ring (bicyclic) bond motifs is 2. The average Bonchev–Trinajstić information content (AvgIpc) is 3.40. The number of aromatic amines is 2. The molecule has 0 aliphatic heterocycles. The van der Waals surface area contributed by atoms with E-state index < -0.39 is 4.92 Å². The van der Waals surface area contributed by atoms with Crippen molar-refractivity contribution in [1.29, 1.82) is 0 Å². The summed E-state index contributed by atoms with van der Waals surface area (Å²) in [6, 6.07) is 5.02. The van der Waals surface area contributed by atoms with Crippen molar-refractivity contribution in [2.45, 2.75) is 31.7 Å². The Balaban J connectivity index is 1.62. The van der Waals surface area contributed by atoms with E-state index in [9.17, 15) is 10.1 Å². The molecule has 0 saturated heterocycles. The van der Waals surface area contributed by atoms with Crippen LogP contribution >= 0.6 is 0 Å². The number of aromatic nitrogens is 5.